The van der Waals surface area contributed by atoms with E-state index in [4.69, 9.17) is 20.2 Å². The molecule has 2 N–H and O–H groups in total. The van der Waals surface area contributed by atoms with Gasteiger partial charge in [-0.15, -0.1) is 24.0 Å². The highest BCUT2D eigenvalue weighted by atomic mass is 127. The Morgan fingerprint density at radius 2 is 1.80 bits per heavy atom. The Morgan fingerprint density at radius 3 is 2.48 bits per heavy atom. The number of benzene rings is 1. The molecule has 1 aromatic carbocycles. The molecule has 0 bridgehead atoms. The third-order valence-corrected chi connectivity index (χ3v) is 5.43. The monoisotopic (exact) mass is 459 g/mol. The summed E-state index contributed by atoms with van der Waals surface area (Å²) in [6, 6.07) is 6.37. The van der Waals surface area contributed by atoms with Gasteiger partial charge in [-0.25, -0.2) is 0 Å². The Kier molecular flexibility index (Phi) is 7.22. The van der Waals surface area contributed by atoms with Crippen LogP contribution in [0.1, 0.15) is 51.5 Å². The third kappa shape index (κ3) is 4.33. The van der Waals surface area contributed by atoms with Gasteiger partial charge in [0.05, 0.1) is 6.54 Å². The minimum absolute atomic E-state index is 0. The van der Waals surface area contributed by atoms with Crippen LogP contribution >= 0.6 is 24.0 Å². The Hall–Kier alpha value is -1.18. The van der Waals surface area contributed by atoms with E-state index in [1.807, 2.05) is 6.07 Å². The molecule has 0 aromatic heterocycles. The fourth-order valence-electron chi connectivity index (χ4n) is 3.87. The molecule has 1 saturated carbocycles. The molecular weight excluding hydrogens is 429 g/mol. The molecule has 2 aliphatic rings. The van der Waals surface area contributed by atoms with Crippen LogP contribution in [0.25, 0.3) is 0 Å². The molecule has 3 rings (SSSR count). The molecule has 0 atom stereocenters. The molecule has 5 nitrogen and oxygen atoms in total. The minimum atomic E-state index is 0. The van der Waals surface area contributed by atoms with Crippen LogP contribution in [0.15, 0.2) is 23.2 Å². The number of nitrogens with two attached hydrogens (primary N) is 1. The molecule has 1 fully saturated rings. The van der Waals surface area contributed by atoms with E-state index in [1.165, 1.54) is 24.8 Å². The van der Waals surface area contributed by atoms with Gasteiger partial charge in [-0.05, 0) is 44.4 Å². The van der Waals surface area contributed by atoms with Crippen molar-refractivity contribution in [3.05, 3.63) is 23.8 Å². The lowest BCUT2D eigenvalue weighted by atomic mass is 9.69. The van der Waals surface area contributed by atoms with Crippen LogP contribution in [0.5, 0.6) is 11.5 Å². The minimum Gasteiger partial charge on any atom is -0.454 e. The van der Waals surface area contributed by atoms with Crippen LogP contribution in [0.2, 0.25) is 0 Å². The van der Waals surface area contributed by atoms with E-state index in [2.05, 4.69) is 30.9 Å². The molecule has 1 aliphatic heterocycles. The summed E-state index contributed by atoms with van der Waals surface area (Å²) < 4.78 is 11.0. The number of hydrogen-bond donors (Lipinski definition) is 1. The number of nitrogens with zero attached hydrogens (tertiary/aromatic N) is 2. The maximum atomic E-state index is 6.21. The van der Waals surface area contributed by atoms with Crippen LogP contribution in [0, 0.1) is 0 Å². The number of aliphatic imine (C=N–C) groups is 1. The van der Waals surface area contributed by atoms with Crippen LogP contribution < -0.4 is 15.2 Å². The lowest BCUT2D eigenvalue weighted by Gasteiger charge is -2.37. The van der Waals surface area contributed by atoms with Gasteiger partial charge in [-0.1, -0.05) is 25.3 Å². The second-order valence-corrected chi connectivity index (χ2v) is 6.76. The average Bonchev–Trinajstić information content (AvgIpc) is 3.09. The van der Waals surface area contributed by atoms with Gasteiger partial charge >= 0.3 is 0 Å². The normalized spacial score (nSPS) is 18.6. The fourth-order valence-corrected chi connectivity index (χ4v) is 3.87. The van der Waals surface area contributed by atoms with Crippen molar-refractivity contribution in [1.82, 2.24) is 4.90 Å². The van der Waals surface area contributed by atoms with Gasteiger partial charge in [0.15, 0.2) is 17.5 Å². The van der Waals surface area contributed by atoms with Gasteiger partial charge in [0.1, 0.15) is 0 Å². The zero-order valence-electron chi connectivity index (χ0n) is 15.3. The smallest absolute Gasteiger partial charge is 0.231 e. The molecule has 1 aliphatic carbocycles. The summed E-state index contributed by atoms with van der Waals surface area (Å²) >= 11 is 0. The van der Waals surface area contributed by atoms with Gasteiger partial charge < -0.3 is 20.1 Å². The second-order valence-electron chi connectivity index (χ2n) is 6.76. The second kappa shape index (κ2) is 8.96. The van der Waals surface area contributed by atoms with E-state index in [9.17, 15) is 0 Å². The van der Waals surface area contributed by atoms with Gasteiger partial charge in [0, 0.05) is 18.5 Å². The Morgan fingerprint density at radius 1 is 1.12 bits per heavy atom. The van der Waals surface area contributed by atoms with E-state index in [0.29, 0.717) is 12.8 Å². The topological polar surface area (TPSA) is 60.1 Å². The summed E-state index contributed by atoms with van der Waals surface area (Å²) in [5.74, 6) is 2.36. The number of halogens is 1. The quantitative estimate of drug-likeness (QED) is 0.413. The molecule has 6 heteroatoms. The first-order chi connectivity index (χ1) is 11.7. The van der Waals surface area contributed by atoms with Crippen LogP contribution in [-0.2, 0) is 5.41 Å². The Bertz CT molecular complexity index is 596. The lowest BCUT2D eigenvalue weighted by Crippen LogP contribution is -2.39. The fraction of sp³-hybridized carbons (Fsp3) is 0.632. The average molecular weight is 459 g/mol. The van der Waals surface area contributed by atoms with Crippen molar-refractivity contribution in [3.8, 4) is 11.5 Å². The van der Waals surface area contributed by atoms with Crippen LogP contribution in [0.3, 0.4) is 0 Å². The molecule has 0 saturated heterocycles. The third-order valence-electron chi connectivity index (χ3n) is 5.43. The Labute approximate surface area is 168 Å². The lowest BCUT2D eigenvalue weighted by molar-refractivity contribution is 0.174. The molecule has 0 unspecified atom stereocenters. The molecular formula is C19H30IN3O2. The first-order valence-corrected chi connectivity index (χ1v) is 9.13. The number of fused-ring (bicyclic) bond motifs is 1. The molecule has 25 heavy (non-hydrogen) atoms. The SMILES string of the molecule is CCN(CC)C(N)=NCC1(c2ccc3c(c2)OCO3)CCCCC1.I. The van der Waals surface area contributed by atoms with Crippen molar-refractivity contribution in [2.75, 3.05) is 26.4 Å². The van der Waals surface area contributed by atoms with Crippen molar-refractivity contribution in [1.29, 1.82) is 0 Å². The molecule has 0 amide bonds. The first kappa shape index (κ1) is 20.1. The van der Waals surface area contributed by atoms with Crippen LogP contribution in [-0.4, -0.2) is 37.3 Å². The van der Waals surface area contributed by atoms with E-state index in [-0.39, 0.29) is 29.4 Å². The van der Waals surface area contributed by atoms with Crippen molar-refractivity contribution in [2.45, 2.75) is 51.4 Å². The standard InChI is InChI=1S/C19H29N3O2.HI/c1-3-22(4-2)18(20)21-13-19(10-6-5-7-11-19)15-8-9-16-17(12-15)24-14-23-16;/h8-9,12H,3-7,10-11,13-14H2,1-2H3,(H2,20,21);1H. The summed E-state index contributed by atoms with van der Waals surface area (Å²) in [5, 5.41) is 0. The van der Waals surface area contributed by atoms with Gasteiger partial charge in [-0.2, -0.15) is 0 Å². The highest BCUT2D eigenvalue weighted by Crippen LogP contribution is 2.43. The zero-order valence-corrected chi connectivity index (χ0v) is 17.6. The number of hydrogen-bond acceptors (Lipinski definition) is 3. The number of rotatable bonds is 5. The van der Waals surface area contributed by atoms with Gasteiger partial charge in [0.2, 0.25) is 6.79 Å². The molecule has 1 aromatic rings. The highest BCUT2D eigenvalue weighted by Gasteiger charge is 2.35. The predicted molar refractivity (Wildman–Crippen MR) is 112 cm³/mol. The molecule has 1 heterocycles. The molecule has 0 spiro atoms. The van der Waals surface area contributed by atoms with Gasteiger partial charge in [-0.3, -0.25) is 4.99 Å². The van der Waals surface area contributed by atoms with Crippen molar-refractivity contribution < 1.29 is 9.47 Å². The summed E-state index contributed by atoms with van der Waals surface area (Å²) in [5.41, 5.74) is 7.59. The Balaban J connectivity index is 0.00000225. The number of ether oxygens (including phenoxy) is 2. The van der Waals surface area contributed by atoms with Gasteiger partial charge in [0.25, 0.3) is 0 Å². The van der Waals surface area contributed by atoms with E-state index >= 15 is 0 Å². The van der Waals surface area contributed by atoms with E-state index in [1.54, 1.807) is 0 Å². The maximum Gasteiger partial charge on any atom is 0.231 e. The first-order valence-electron chi connectivity index (χ1n) is 9.13. The van der Waals surface area contributed by atoms with Crippen molar-refractivity contribution in [3.63, 3.8) is 0 Å². The predicted octanol–water partition coefficient (Wildman–Crippen LogP) is 3.89. The molecule has 0 radical (unpaired) electrons. The summed E-state index contributed by atoms with van der Waals surface area (Å²) in [7, 11) is 0. The summed E-state index contributed by atoms with van der Waals surface area (Å²) in [6.45, 7) is 7.07. The summed E-state index contributed by atoms with van der Waals surface area (Å²) in [4.78, 5) is 6.89. The number of guanidine groups is 1. The van der Waals surface area contributed by atoms with E-state index < -0.39 is 0 Å². The van der Waals surface area contributed by atoms with Crippen molar-refractivity contribution >= 4 is 29.9 Å². The highest BCUT2D eigenvalue weighted by molar-refractivity contribution is 14.0. The van der Waals surface area contributed by atoms with Crippen LogP contribution in [0.4, 0.5) is 0 Å². The zero-order chi connectivity index (χ0) is 17.0. The van der Waals surface area contributed by atoms with Crippen molar-refractivity contribution in [2.24, 2.45) is 10.7 Å². The molecule has 140 valence electrons. The summed E-state index contributed by atoms with van der Waals surface area (Å²) in [6.07, 6.45) is 6.11. The van der Waals surface area contributed by atoms with E-state index in [0.717, 1.165) is 44.0 Å². The largest absolute Gasteiger partial charge is 0.454 e. The maximum absolute atomic E-state index is 6.21.